The van der Waals surface area contributed by atoms with Crippen molar-refractivity contribution in [2.45, 2.75) is 19.9 Å². The Morgan fingerprint density at radius 3 is 3.06 bits per heavy atom. The molecule has 1 heterocycles. The molecule has 0 aliphatic heterocycles. The smallest absolute Gasteiger partial charge is 0.307 e. The minimum absolute atomic E-state index is 0.153. The zero-order chi connectivity index (χ0) is 11.4. The molecular weight excluding hydrogens is 202 g/mol. The predicted molar refractivity (Wildman–Crippen MR) is 62.0 cm³/mol. The van der Waals surface area contributed by atoms with Crippen LogP contribution in [-0.4, -0.2) is 17.1 Å². The lowest BCUT2D eigenvalue weighted by Gasteiger charge is -2.04. The van der Waals surface area contributed by atoms with E-state index in [-0.39, 0.29) is 5.97 Å². The van der Waals surface area contributed by atoms with Gasteiger partial charge in [0.1, 0.15) is 0 Å². The topological polar surface area (TPSA) is 31.2 Å². The Bertz CT molecular complexity index is 487. The van der Waals surface area contributed by atoms with E-state index in [1.807, 2.05) is 42.0 Å². The number of esters is 1. The first kappa shape index (κ1) is 10.7. The number of hydrogen-bond donors (Lipinski definition) is 0. The maximum atomic E-state index is 11.2. The van der Waals surface area contributed by atoms with E-state index in [1.165, 1.54) is 0 Å². The van der Waals surface area contributed by atoms with Gasteiger partial charge in [0.15, 0.2) is 0 Å². The monoisotopic (exact) mass is 216 g/mol. The molecule has 3 nitrogen and oxygen atoms in total. The van der Waals surface area contributed by atoms with Crippen LogP contribution in [0, 0.1) is 6.07 Å². The van der Waals surface area contributed by atoms with E-state index in [2.05, 4.69) is 6.07 Å². The second kappa shape index (κ2) is 4.84. The van der Waals surface area contributed by atoms with E-state index in [4.69, 9.17) is 4.74 Å². The number of benzene rings is 1. The van der Waals surface area contributed by atoms with Crippen LogP contribution >= 0.6 is 0 Å². The molecule has 0 amide bonds. The predicted octanol–water partition coefficient (Wildman–Crippen LogP) is 2.39. The van der Waals surface area contributed by atoms with Crippen molar-refractivity contribution in [1.29, 1.82) is 0 Å². The molecule has 0 saturated heterocycles. The summed E-state index contributed by atoms with van der Waals surface area (Å²) in [5.74, 6) is -0.153. The molecular formula is C13H14NO2. The zero-order valence-corrected chi connectivity index (χ0v) is 9.27. The lowest BCUT2D eigenvalue weighted by Crippen LogP contribution is -2.08. The van der Waals surface area contributed by atoms with Crippen LogP contribution < -0.4 is 0 Å². The van der Waals surface area contributed by atoms with Crippen LogP contribution in [0.5, 0.6) is 0 Å². The van der Waals surface area contributed by atoms with E-state index < -0.39 is 0 Å². The average Bonchev–Trinajstić information content (AvgIpc) is 2.70. The van der Waals surface area contributed by atoms with E-state index in [0.717, 1.165) is 10.9 Å². The number of aryl methyl sites for hydroxylation is 1. The Labute approximate surface area is 94.6 Å². The molecule has 83 valence electrons. The summed E-state index contributed by atoms with van der Waals surface area (Å²) in [5, 5.41) is 1.08. The van der Waals surface area contributed by atoms with Crippen LogP contribution in [0.2, 0.25) is 0 Å². The van der Waals surface area contributed by atoms with Crippen molar-refractivity contribution in [1.82, 2.24) is 4.57 Å². The SMILES string of the molecule is CCOC(=O)CCn1c[c]c2ccccc21. The van der Waals surface area contributed by atoms with Crippen molar-refractivity contribution in [3.8, 4) is 0 Å². The van der Waals surface area contributed by atoms with Crippen LogP contribution in [-0.2, 0) is 16.1 Å². The van der Waals surface area contributed by atoms with Gasteiger partial charge in [0.05, 0.1) is 13.0 Å². The number of hydrogen-bond acceptors (Lipinski definition) is 2. The summed E-state index contributed by atoms with van der Waals surface area (Å²) in [7, 11) is 0. The summed E-state index contributed by atoms with van der Waals surface area (Å²) in [6.45, 7) is 2.90. The third-order valence-corrected chi connectivity index (χ3v) is 2.45. The molecule has 0 fully saturated rings. The lowest BCUT2D eigenvalue weighted by atomic mass is 10.2. The van der Waals surface area contributed by atoms with Gasteiger partial charge in [-0.25, -0.2) is 0 Å². The van der Waals surface area contributed by atoms with Gasteiger partial charge in [-0.15, -0.1) is 0 Å². The van der Waals surface area contributed by atoms with Gasteiger partial charge >= 0.3 is 5.97 Å². The minimum atomic E-state index is -0.153. The first-order valence-corrected chi connectivity index (χ1v) is 5.42. The molecule has 0 unspecified atom stereocenters. The molecule has 2 rings (SSSR count). The Morgan fingerprint density at radius 2 is 2.25 bits per heavy atom. The summed E-state index contributed by atoms with van der Waals surface area (Å²) in [4.78, 5) is 11.2. The molecule has 0 atom stereocenters. The second-order valence-electron chi connectivity index (χ2n) is 3.54. The summed E-state index contributed by atoms with van der Waals surface area (Å²) < 4.78 is 6.91. The summed E-state index contributed by atoms with van der Waals surface area (Å²) in [6, 6.07) is 11.2. The van der Waals surface area contributed by atoms with Crippen LogP contribution in [0.1, 0.15) is 13.3 Å². The highest BCUT2D eigenvalue weighted by atomic mass is 16.5. The molecule has 0 aliphatic rings. The molecule has 1 aromatic carbocycles. The van der Waals surface area contributed by atoms with Crippen LogP contribution in [0.4, 0.5) is 0 Å². The third-order valence-electron chi connectivity index (χ3n) is 2.45. The molecule has 0 aliphatic carbocycles. The molecule has 0 saturated carbocycles. The van der Waals surface area contributed by atoms with Gasteiger partial charge in [0, 0.05) is 29.7 Å². The summed E-state index contributed by atoms with van der Waals surface area (Å²) >= 11 is 0. The maximum Gasteiger partial charge on any atom is 0.307 e. The van der Waals surface area contributed by atoms with E-state index in [0.29, 0.717) is 19.6 Å². The Morgan fingerprint density at radius 1 is 1.44 bits per heavy atom. The molecule has 0 spiro atoms. The standard InChI is InChI=1S/C13H14NO2/c1-2-16-13(15)8-10-14-9-7-11-5-3-4-6-12(11)14/h3-6,9H,2,8,10H2,1H3. The molecule has 3 heteroatoms. The Hall–Kier alpha value is -1.77. The molecule has 2 aromatic rings. The molecule has 16 heavy (non-hydrogen) atoms. The highest BCUT2D eigenvalue weighted by Crippen LogP contribution is 2.14. The first-order valence-electron chi connectivity index (χ1n) is 5.42. The number of rotatable bonds is 4. The second-order valence-corrected chi connectivity index (χ2v) is 3.54. The molecule has 1 aromatic heterocycles. The fourth-order valence-electron chi connectivity index (χ4n) is 1.69. The Balaban J connectivity index is 2.07. The van der Waals surface area contributed by atoms with Crippen molar-refractivity contribution in [2.24, 2.45) is 0 Å². The van der Waals surface area contributed by atoms with Crippen LogP contribution in [0.15, 0.2) is 30.5 Å². The van der Waals surface area contributed by atoms with Crippen molar-refractivity contribution < 1.29 is 9.53 Å². The number of nitrogens with zero attached hydrogens (tertiary/aromatic N) is 1. The van der Waals surface area contributed by atoms with E-state index >= 15 is 0 Å². The fourth-order valence-corrected chi connectivity index (χ4v) is 1.69. The van der Waals surface area contributed by atoms with E-state index in [1.54, 1.807) is 0 Å². The van der Waals surface area contributed by atoms with Gasteiger partial charge in [0.25, 0.3) is 0 Å². The van der Waals surface area contributed by atoms with Gasteiger partial charge < -0.3 is 9.30 Å². The Kier molecular flexibility index (Phi) is 3.25. The van der Waals surface area contributed by atoms with Gasteiger partial charge in [-0.05, 0) is 13.0 Å². The van der Waals surface area contributed by atoms with Crippen molar-refractivity contribution in [3.63, 3.8) is 0 Å². The van der Waals surface area contributed by atoms with Crippen molar-refractivity contribution >= 4 is 16.9 Å². The zero-order valence-electron chi connectivity index (χ0n) is 9.27. The van der Waals surface area contributed by atoms with Gasteiger partial charge in [-0.3, -0.25) is 4.79 Å². The van der Waals surface area contributed by atoms with Crippen LogP contribution in [0.3, 0.4) is 0 Å². The quantitative estimate of drug-likeness (QED) is 0.735. The van der Waals surface area contributed by atoms with Gasteiger partial charge in [-0.2, -0.15) is 0 Å². The summed E-state index contributed by atoms with van der Waals surface area (Å²) in [6.07, 6.45) is 2.28. The van der Waals surface area contributed by atoms with Crippen molar-refractivity contribution in [3.05, 3.63) is 36.5 Å². The number of para-hydroxylation sites is 1. The number of aromatic nitrogens is 1. The molecule has 0 N–H and O–H groups in total. The molecule has 1 radical (unpaired) electrons. The number of fused-ring (bicyclic) bond motifs is 1. The largest absolute Gasteiger partial charge is 0.466 e. The highest BCUT2D eigenvalue weighted by Gasteiger charge is 2.04. The number of carbonyl (C=O) groups excluding carboxylic acids is 1. The number of ether oxygens (including phenoxy) is 1. The van der Waals surface area contributed by atoms with Gasteiger partial charge in [-0.1, -0.05) is 18.2 Å². The minimum Gasteiger partial charge on any atom is -0.466 e. The summed E-state index contributed by atoms with van der Waals surface area (Å²) in [5.41, 5.74) is 1.10. The normalized spacial score (nSPS) is 10.6. The lowest BCUT2D eigenvalue weighted by molar-refractivity contribution is -0.143. The highest BCUT2D eigenvalue weighted by molar-refractivity contribution is 5.79. The number of carbonyl (C=O) groups is 1. The van der Waals surface area contributed by atoms with Crippen molar-refractivity contribution in [2.75, 3.05) is 6.61 Å². The first-order chi connectivity index (χ1) is 7.81. The fraction of sp³-hybridized carbons (Fsp3) is 0.308. The molecule has 0 bridgehead atoms. The maximum absolute atomic E-state index is 11.2. The third kappa shape index (κ3) is 2.24. The van der Waals surface area contributed by atoms with E-state index in [9.17, 15) is 4.79 Å². The van der Waals surface area contributed by atoms with Gasteiger partial charge in [0.2, 0.25) is 0 Å². The average molecular weight is 216 g/mol. The van der Waals surface area contributed by atoms with Crippen LogP contribution in [0.25, 0.3) is 10.9 Å².